The van der Waals surface area contributed by atoms with E-state index in [4.69, 9.17) is 4.74 Å². The average molecular weight is 252 g/mol. The van der Waals surface area contributed by atoms with E-state index in [0.29, 0.717) is 6.61 Å². The van der Waals surface area contributed by atoms with Crippen LogP contribution in [0.2, 0.25) is 0 Å². The van der Waals surface area contributed by atoms with Gasteiger partial charge in [-0.3, -0.25) is 4.79 Å². The molecule has 1 rings (SSSR count). The molecular formula is C13H13FO4. The summed E-state index contributed by atoms with van der Waals surface area (Å²) in [6.45, 7) is 2.03. The van der Waals surface area contributed by atoms with Gasteiger partial charge >= 0.3 is 5.97 Å². The van der Waals surface area contributed by atoms with Crippen LogP contribution in [-0.4, -0.2) is 25.5 Å². The van der Waals surface area contributed by atoms with Gasteiger partial charge in [0.2, 0.25) is 5.78 Å². The average Bonchev–Trinajstić information content (AvgIpc) is 2.39. The highest BCUT2D eigenvalue weighted by atomic mass is 19.1. The zero-order valence-corrected chi connectivity index (χ0v) is 10.1. The Kier molecular flexibility index (Phi) is 5.05. The van der Waals surface area contributed by atoms with E-state index < -0.39 is 17.6 Å². The van der Waals surface area contributed by atoms with E-state index >= 15 is 0 Å². The highest BCUT2D eigenvalue weighted by molar-refractivity contribution is 6.23. The second kappa shape index (κ2) is 6.54. The molecule has 0 spiro atoms. The number of hydrogen-bond donors (Lipinski definition) is 0. The molecule has 4 nitrogen and oxygen atoms in total. The Labute approximate surface area is 104 Å². The van der Waals surface area contributed by atoms with E-state index in [9.17, 15) is 14.0 Å². The summed E-state index contributed by atoms with van der Waals surface area (Å²) in [6, 6.07) is 4.87. The molecule has 0 bridgehead atoms. The summed E-state index contributed by atoms with van der Waals surface area (Å²) >= 11 is 0. The first-order valence-corrected chi connectivity index (χ1v) is 5.30. The van der Waals surface area contributed by atoms with Gasteiger partial charge in [-0.25, -0.2) is 9.18 Å². The van der Waals surface area contributed by atoms with E-state index in [1.165, 1.54) is 19.2 Å². The molecule has 0 aliphatic rings. The molecule has 0 atom stereocenters. The van der Waals surface area contributed by atoms with Crippen LogP contribution in [0.25, 0.3) is 0 Å². The Morgan fingerprint density at radius 3 is 2.39 bits per heavy atom. The van der Waals surface area contributed by atoms with E-state index in [2.05, 4.69) is 4.74 Å². The van der Waals surface area contributed by atoms with Crippen molar-refractivity contribution in [2.45, 2.75) is 6.92 Å². The monoisotopic (exact) mass is 252 g/mol. The molecule has 0 unspecified atom stereocenters. The maximum Gasteiger partial charge on any atom is 0.345 e. The third kappa shape index (κ3) is 3.41. The van der Waals surface area contributed by atoms with Crippen LogP contribution in [0.5, 0.6) is 0 Å². The molecule has 0 fully saturated rings. The number of carbonyl (C=O) groups excluding carboxylic acids is 2. The fraction of sp³-hybridized carbons (Fsp3) is 0.231. The van der Waals surface area contributed by atoms with Crippen LogP contribution in [0.3, 0.4) is 0 Å². The third-order valence-electron chi connectivity index (χ3n) is 2.12. The quantitative estimate of drug-likeness (QED) is 0.201. The van der Waals surface area contributed by atoms with E-state index in [0.717, 1.165) is 18.4 Å². The molecule has 96 valence electrons. The molecule has 5 heteroatoms. The first-order valence-electron chi connectivity index (χ1n) is 5.30. The van der Waals surface area contributed by atoms with Gasteiger partial charge in [-0.05, 0) is 31.2 Å². The SMILES string of the molecule is CCO/C=C(\C(=O)OC)C(=O)c1ccc(F)cc1. The lowest BCUT2D eigenvalue weighted by Crippen LogP contribution is -2.15. The fourth-order valence-electron chi connectivity index (χ4n) is 1.23. The zero-order valence-electron chi connectivity index (χ0n) is 10.1. The number of halogens is 1. The Bertz CT molecular complexity index is 462. The smallest absolute Gasteiger partial charge is 0.345 e. The molecule has 18 heavy (non-hydrogen) atoms. The van der Waals surface area contributed by atoms with Crippen LogP contribution in [0.4, 0.5) is 4.39 Å². The Hall–Kier alpha value is -2.17. The molecular weight excluding hydrogens is 239 g/mol. The van der Waals surface area contributed by atoms with Crippen molar-refractivity contribution in [3.05, 3.63) is 47.5 Å². The van der Waals surface area contributed by atoms with Crippen LogP contribution in [0.1, 0.15) is 17.3 Å². The van der Waals surface area contributed by atoms with Crippen molar-refractivity contribution in [3.8, 4) is 0 Å². The van der Waals surface area contributed by atoms with Crippen molar-refractivity contribution < 1.29 is 23.5 Å². The number of esters is 1. The van der Waals surface area contributed by atoms with Crippen molar-refractivity contribution in [1.29, 1.82) is 0 Å². The number of methoxy groups -OCH3 is 1. The highest BCUT2D eigenvalue weighted by Crippen LogP contribution is 2.11. The summed E-state index contributed by atoms with van der Waals surface area (Å²) in [5, 5.41) is 0. The molecule has 0 saturated carbocycles. The van der Waals surface area contributed by atoms with Crippen molar-refractivity contribution in [3.63, 3.8) is 0 Å². The van der Waals surface area contributed by atoms with E-state index in [1.807, 2.05) is 0 Å². The maximum atomic E-state index is 12.7. The summed E-state index contributed by atoms with van der Waals surface area (Å²) in [7, 11) is 1.17. The summed E-state index contributed by atoms with van der Waals surface area (Å²) < 4.78 is 22.2. The minimum atomic E-state index is -0.794. The van der Waals surface area contributed by atoms with E-state index in [-0.39, 0.29) is 11.1 Å². The zero-order chi connectivity index (χ0) is 13.5. The van der Waals surface area contributed by atoms with Gasteiger partial charge in [-0.1, -0.05) is 0 Å². The van der Waals surface area contributed by atoms with Crippen molar-refractivity contribution in [2.75, 3.05) is 13.7 Å². The predicted octanol–water partition coefficient (Wildman–Crippen LogP) is 2.10. The van der Waals surface area contributed by atoms with E-state index in [1.54, 1.807) is 6.92 Å². The summed E-state index contributed by atoms with van der Waals surface area (Å²) in [5.74, 6) is -1.83. The van der Waals surface area contributed by atoms with Gasteiger partial charge in [0.05, 0.1) is 13.7 Å². The second-order valence-electron chi connectivity index (χ2n) is 3.31. The molecule has 0 aromatic heterocycles. The molecule has 0 amide bonds. The lowest BCUT2D eigenvalue weighted by molar-refractivity contribution is -0.135. The normalized spacial score (nSPS) is 10.9. The number of carbonyl (C=O) groups is 2. The number of benzene rings is 1. The summed E-state index contributed by atoms with van der Waals surface area (Å²) in [5.41, 5.74) is -0.0429. The maximum absolute atomic E-state index is 12.7. The Morgan fingerprint density at radius 1 is 1.28 bits per heavy atom. The van der Waals surface area contributed by atoms with Gasteiger partial charge in [0, 0.05) is 5.56 Å². The first kappa shape index (κ1) is 13.9. The van der Waals surface area contributed by atoms with Gasteiger partial charge in [0.1, 0.15) is 17.7 Å². The van der Waals surface area contributed by atoms with Crippen LogP contribution in [0, 0.1) is 5.82 Å². The van der Waals surface area contributed by atoms with Gasteiger partial charge < -0.3 is 9.47 Å². The number of ketones is 1. The van der Waals surface area contributed by atoms with Crippen LogP contribution < -0.4 is 0 Å². The summed E-state index contributed by atoms with van der Waals surface area (Å²) in [4.78, 5) is 23.4. The van der Waals surface area contributed by atoms with Crippen molar-refractivity contribution in [1.82, 2.24) is 0 Å². The van der Waals surface area contributed by atoms with Crippen LogP contribution in [0.15, 0.2) is 36.1 Å². The Balaban J connectivity index is 3.02. The van der Waals surface area contributed by atoms with Gasteiger partial charge in [-0.2, -0.15) is 0 Å². The molecule has 0 heterocycles. The topological polar surface area (TPSA) is 52.6 Å². The molecule has 1 aromatic carbocycles. The number of Topliss-reactive ketones (excluding diaryl/α,β-unsaturated/α-hetero) is 1. The lowest BCUT2D eigenvalue weighted by Gasteiger charge is -2.05. The highest BCUT2D eigenvalue weighted by Gasteiger charge is 2.21. The number of rotatable bonds is 5. The van der Waals surface area contributed by atoms with Gasteiger partial charge in [0.25, 0.3) is 0 Å². The van der Waals surface area contributed by atoms with Crippen molar-refractivity contribution >= 4 is 11.8 Å². The minimum Gasteiger partial charge on any atom is -0.500 e. The van der Waals surface area contributed by atoms with Gasteiger partial charge in [0.15, 0.2) is 0 Å². The predicted molar refractivity (Wildman–Crippen MR) is 62.5 cm³/mol. The van der Waals surface area contributed by atoms with Gasteiger partial charge in [-0.15, -0.1) is 0 Å². The molecule has 0 N–H and O–H groups in total. The number of hydrogen-bond acceptors (Lipinski definition) is 4. The number of ether oxygens (including phenoxy) is 2. The Morgan fingerprint density at radius 2 is 1.89 bits per heavy atom. The molecule has 0 saturated heterocycles. The molecule has 1 aromatic rings. The minimum absolute atomic E-state index is 0.188. The second-order valence-corrected chi connectivity index (χ2v) is 3.31. The standard InChI is InChI=1S/C13H13FO4/c1-3-18-8-11(13(16)17-2)12(15)9-4-6-10(14)7-5-9/h4-8H,3H2,1-2H3/b11-8-. The third-order valence-corrected chi connectivity index (χ3v) is 2.12. The molecule has 0 aliphatic carbocycles. The molecule has 0 radical (unpaired) electrons. The largest absolute Gasteiger partial charge is 0.500 e. The summed E-state index contributed by atoms with van der Waals surface area (Å²) in [6.07, 6.45) is 1.05. The molecule has 0 aliphatic heterocycles. The van der Waals surface area contributed by atoms with Crippen LogP contribution in [-0.2, 0) is 14.3 Å². The first-order chi connectivity index (χ1) is 8.60. The van der Waals surface area contributed by atoms with Crippen molar-refractivity contribution in [2.24, 2.45) is 0 Å². The van der Waals surface area contributed by atoms with Crippen LogP contribution >= 0.6 is 0 Å². The fourth-order valence-corrected chi connectivity index (χ4v) is 1.23. The lowest BCUT2D eigenvalue weighted by atomic mass is 10.0.